The first-order valence-electron chi connectivity index (χ1n) is 23.0. The van der Waals surface area contributed by atoms with Gasteiger partial charge in [0.25, 0.3) is 0 Å². The minimum Gasteiger partial charge on any atom is -0.462 e. The van der Waals surface area contributed by atoms with Crippen LogP contribution in [0.3, 0.4) is 0 Å². The molecule has 0 saturated carbocycles. The van der Waals surface area contributed by atoms with Crippen LogP contribution in [0.1, 0.15) is 233 Å². The Bertz CT molecular complexity index is 922. The summed E-state index contributed by atoms with van der Waals surface area (Å²) in [6.07, 6.45) is 48.4. The van der Waals surface area contributed by atoms with Crippen molar-refractivity contribution in [1.29, 1.82) is 0 Å². The summed E-state index contributed by atoms with van der Waals surface area (Å²) in [7, 11) is 0. The van der Waals surface area contributed by atoms with Gasteiger partial charge in [0.05, 0.1) is 0 Å². The average Bonchev–Trinajstić information content (AvgIpc) is 3.17. The van der Waals surface area contributed by atoms with Crippen molar-refractivity contribution >= 4 is 17.9 Å². The Kier molecular flexibility index (Phi) is 41.5. The Morgan fingerprint density at radius 1 is 0.370 bits per heavy atom. The molecule has 6 heteroatoms. The van der Waals surface area contributed by atoms with Crippen LogP contribution in [0.5, 0.6) is 0 Å². The van der Waals surface area contributed by atoms with Crippen LogP contribution in [0.4, 0.5) is 0 Å². The molecule has 0 aromatic heterocycles. The highest BCUT2D eigenvalue weighted by atomic mass is 16.6. The molecule has 0 N–H and O–H groups in total. The van der Waals surface area contributed by atoms with Crippen molar-refractivity contribution in [2.24, 2.45) is 0 Å². The monoisotopic (exact) mass is 759 g/mol. The molecule has 0 aromatic carbocycles. The lowest BCUT2D eigenvalue weighted by atomic mass is 10.0. The molecule has 0 rings (SSSR count). The normalized spacial score (nSPS) is 12.3. The van der Waals surface area contributed by atoms with Crippen LogP contribution in [0.25, 0.3) is 0 Å². The molecule has 6 nitrogen and oxygen atoms in total. The van der Waals surface area contributed by atoms with Crippen molar-refractivity contribution < 1.29 is 28.6 Å². The van der Waals surface area contributed by atoms with Crippen LogP contribution >= 0.6 is 0 Å². The van der Waals surface area contributed by atoms with Gasteiger partial charge in [0.2, 0.25) is 0 Å². The largest absolute Gasteiger partial charge is 0.462 e. The van der Waals surface area contributed by atoms with Crippen LogP contribution in [-0.4, -0.2) is 37.2 Å². The molecule has 0 saturated heterocycles. The Morgan fingerprint density at radius 3 is 1.13 bits per heavy atom. The number of rotatable bonds is 41. The fraction of sp³-hybridized carbons (Fsp3) is 0.812. The van der Waals surface area contributed by atoms with Gasteiger partial charge < -0.3 is 14.2 Å². The fourth-order valence-corrected chi connectivity index (χ4v) is 6.34. The highest BCUT2D eigenvalue weighted by molar-refractivity contribution is 5.71. The second-order valence-corrected chi connectivity index (χ2v) is 15.3. The Labute approximate surface area is 334 Å². The Balaban J connectivity index is 4.36. The van der Waals surface area contributed by atoms with E-state index in [1.54, 1.807) is 0 Å². The zero-order chi connectivity index (χ0) is 39.4. The van der Waals surface area contributed by atoms with E-state index in [0.29, 0.717) is 19.3 Å². The van der Waals surface area contributed by atoms with Gasteiger partial charge in [-0.3, -0.25) is 14.4 Å². The van der Waals surface area contributed by atoms with Gasteiger partial charge in [0, 0.05) is 19.3 Å². The smallest absolute Gasteiger partial charge is 0.306 e. The number of esters is 3. The highest BCUT2D eigenvalue weighted by Gasteiger charge is 2.19. The third-order valence-electron chi connectivity index (χ3n) is 9.90. The molecule has 0 aliphatic heterocycles. The number of carbonyl (C=O) groups excluding carboxylic acids is 3. The lowest BCUT2D eigenvalue weighted by molar-refractivity contribution is -0.167. The lowest BCUT2D eigenvalue weighted by Gasteiger charge is -2.18. The van der Waals surface area contributed by atoms with Gasteiger partial charge in [-0.15, -0.1) is 0 Å². The van der Waals surface area contributed by atoms with E-state index in [4.69, 9.17) is 14.2 Å². The van der Waals surface area contributed by atoms with Crippen LogP contribution in [0.15, 0.2) is 36.5 Å². The number of allylic oxidation sites excluding steroid dienone is 6. The van der Waals surface area contributed by atoms with Crippen LogP contribution in [0.2, 0.25) is 0 Å². The third kappa shape index (κ3) is 40.8. The van der Waals surface area contributed by atoms with Crippen LogP contribution in [0, 0.1) is 0 Å². The van der Waals surface area contributed by atoms with E-state index in [1.165, 1.54) is 103 Å². The minimum absolute atomic E-state index is 0.0844. The topological polar surface area (TPSA) is 78.9 Å². The summed E-state index contributed by atoms with van der Waals surface area (Å²) < 4.78 is 16.7. The van der Waals surface area contributed by atoms with E-state index in [2.05, 4.69) is 57.2 Å². The van der Waals surface area contributed by atoms with E-state index >= 15 is 0 Å². The van der Waals surface area contributed by atoms with Crippen molar-refractivity contribution in [1.82, 2.24) is 0 Å². The number of hydrogen-bond donors (Lipinski definition) is 0. The molecule has 0 aromatic rings. The van der Waals surface area contributed by atoms with E-state index < -0.39 is 6.10 Å². The van der Waals surface area contributed by atoms with Crippen molar-refractivity contribution in [3.63, 3.8) is 0 Å². The maximum Gasteiger partial charge on any atom is 0.306 e. The first-order chi connectivity index (χ1) is 26.5. The number of hydrogen-bond acceptors (Lipinski definition) is 6. The summed E-state index contributed by atoms with van der Waals surface area (Å²) in [5, 5.41) is 0. The molecular formula is C48H86O6. The van der Waals surface area contributed by atoms with Crippen molar-refractivity contribution in [2.75, 3.05) is 13.2 Å². The first-order valence-corrected chi connectivity index (χ1v) is 23.0. The average molecular weight is 759 g/mol. The predicted octanol–water partition coefficient (Wildman–Crippen LogP) is 14.6. The molecule has 0 heterocycles. The molecule has 0 radical (unpaired) electrons. The number of unbranched alkanes of at least 4 members (excludes halogenated alkanes) is 25. The Morgan fingerprint density at radius 2 is 0.685 bits per heavy atom. The maximum atomic E-state index is 12.7. The van der Waals surface area contributed by atoms with Gasteiger partial charge in [-0.2, -0.15) is 0 Å². The van der Waals surface area contributed by atoms with Gasteiger partial charge in [-0.1, -0.05) is 192 Å². The predicted molar refractivity (Wildman–Crippen MR) is 229 cm³/mol. The summed E-state index contributed by atoms with van der Waals surface area (Å²) in [4.78, 5) is 37.7. The molecule has 1 atom stereocenters. The van der Waals surface area contributed by atoms with Crippen molar-refractivity contribution in [3.8, 4) is 0 Å². The first kappa shape index (κ1) is 51.6. The second-order valence-electron chi connectivity index (χ2n) is 15.3. The van der Waals surface area contributed by atoms with Crippen molar-refractivity contribution in [2.45, 2.75) is 239 Å². The summed E-state index contributed by atoms with van der Waals surface area (Å²) in [5.74, 6) is -0.925. The zero-order valence-corrected chi connectivity index (χ0v) is 35.7. The minimum atomic E-state index is -0.784. The summed E-state index contributed by atoms with van der Waals surface area (Å²) in [6.45, 7) is 6.51. The van der Waals surface area contributed by atoms with Crippen LogP contribution in [-0.2, 0) is 28.6 Å². The molecule has 0 aliphatic rings. The number of ether oxygens (including phenoxy) is 3. The molecule has 0 bridgehead atoms. The van der Waals surface area contributed by atoms with Gasteiger partial charge in [0.1, 0.15) is 13.2 Å². The molecule has 54 heavy (non-hydrogen) atoms. The van der Waals surface area contributed by atoms with Crippen molar-refractivity contribution in [3.05, 3.63) is 36.5 Å². The van der Waals surface area contributed by atoms with E-state index in [1.807, 2.05) is 0 Å². The van der Waals surface area contributed by atoms with Gasteiger partial charge in [-0.25, -0.2) is 0 Å². The van der Waals surface area contributed by atoms with Gasteiger partial charge in [0.15, 0.2) is 6.10 Å². The van der Waals surface area contributed by atoms with E-state index in [-0.39, 0.29) is 31.1 Å². The molecular weight excluding hydrogens is 673 g/mol. The van der Waals surface area contributed by atoms with E-state index in [0.717, 1.165) is 89.9 Å². The number of carbonyl (C=O) groups is 3. The summed E-state index contributed by atoms with van der Waals surface area (Å²) in [6, 6.07) is 0. The fourth-order valence-electron chi connectivity index (χ4n) is 6.34. The maximum absolute atomic E-state index is 12.7. The summed E-state index contributed by atoms with van der Waals surface area (Å²) in [5.41, 5.74) is 0. The molecule has 0 amide bonds. The van der Waals surface area contributed by atoms with Crippen LogP contribution < -0.4 is 0 Å². The Hall–Kier alpha value is -2.37. The summed E-state index contributed by atoms with van der Waals surface area (Å²) >= 11 is 0. The molecule has 0 fully saturated rings. The molecule has 0 aliphatic carbocycles. The van der Waals surface area contributed by atoms with Gasteiger partial charge in [-0.05, 0) is 57.8 Å². The standard InChI is InChI=1S/C48H86O6/c1-4-7-10-13-16-19-22-23-24-25-27-29-32-35-38-41-47(50)53-44-45(43-52-46(49)40-37-34-31-28-21-18-15-12-9-6-3)54-48(51)42-39-36-33-30-26-20-17-14-11-8-5-2/h14-15,17-18,20,26,45H,4-13,16,19,21-25,27-44H2,1-3H3/b17-14-,18-15-,26-20-. The quantitative estimate of drug-likeness (QED) is 0.0203. The molecule has 0 spiro atoms. The van der Waals surface area contributed by atoms with E-state index in [9.17, 15) is 14.4 Å². The molecule has 314 valence electrons. The molecule has 1 unspecified atom stereocenters. The van der Waals surface area contributed by atoms with Gasteiger partial charge >= 0.3 is 17.9 Å². The SMILES string of the molecule is CCCC/C=C\C=C/CCCCCC(=O)OC(COC(=O)CCCCCC/C=C\CCCC)COC(=O)CCCCCCCCCCCCCCCCC. The highest BCUT2D eigenvalue weighted by Crippen LogP contribution is 2.15. The third-order valence-corrected chi connectivity index (χ3v) is 9.90. The second kappa shape index (κ2) is 43.4. The zero-order valence-electron chi connectivity index (χ0n) is 35.7. The lowest BCUT2D eigenvalue weighted by Crippen LogP contribution is -2.30.